The number of nitrogens with zero attached hydrogens (tertiary/aromatic N) is 1. The maximum atomic E-state index is 10.5. The third kappa shape index (κ3) is 2.56. The lowest BCUT2D eigenvalue weighted by molar-refractivity contribution is 0.111. The molecule has 0 aliphatic heterocycles. The quantitative estimate of drug-likeness (QED) is 0.422. The number of aromatic nitrogens is 1. The summed E-state index contributed by atoms with van der Waals surface area (Å²) in [5.41, 5.74) is 0.381. The van der Waals surface area contributed by atoms with Gasteiger partial charge in [-0.05, 0) is 0 Å². The van der Waals surface area contributed by atoms with E-state index in [9.17, 15) is 4.79 Å². The van der Waals surface area contributed by atoms with Crippen LogP contribution in [0.5, 0.6) is 5.75 Å². The van der Waals surface area contributed by atoms with Gasteiger partial charge >= 0.3 is 0 Å². The van der Waals surface area contributed by atoms with Crippen LogP contribution in [0.2, 0.25) is 5.15 Å². The first kappa shape index (κ1) is 9.74. The summed E-state index contributed by atoms with van der Waals surface area (Å²) in [5, 5.41) is 0.296. The number of carbonyl (C=O) groups excluding carboxylic acids is 1. The molecule has 1 aromatic heterocycles. The van der Waals surface area contributed by atoms with E-state index in [1.807, 2.05) is 0 Å². The van der Waals surface area contributed by atoms with Gasteiger partial charge < -0.3 is 4.74 Å². The molecule has 1 rings (SSSR count). The fraction of sp³-hybridized carbons (Fsp3) is 0.111. The van der Waals surface area contributed by atoms with E-state index >= 15 is 0 Å². The number of halogens is 1. The Morgan fingerprint density at radius 3 is 3.08 bits per heavy atom. The van der Waals surface area contributed by atoms with Crippen LogP contribution in [0.15, 0.2) is 24.9 Å². The largest absolute Gasteiger partial charge is 0.489 e. The molecule has 0 unspecified atom stereocenters. The van der Waals surface area contributed by atoms with Gasteiger partial charge in [0.2, 0.25) is 0 Å². The molecule has 4 heteroatoms. The van der Waals surface area contributed by atoms with Crippen LogP contribution in [0.3, 0.4) is 0 Å². The maximum Gasteiger partial charge on any atom is 0.155 e. The summed E-state index contributed by atoms with van der Waals surface area (Å²) >= 11 is 5.62. The highest BCUT2D eigenvalue weighted by Crippen LogP contribution is 2.19. The van der Waals surface area contributed by atoms with Crippen molar-refractivity contribution in [3.63, 3.8) is 0 Å². The number of rotatable bonds is 4. The topological polar surface area (TPSA) is 39.2 Å². The van der Waals surface area contributed by atoms with Gasteiger partial charge in [0, 0.05) is 12.3 Å². The van der Waals surface area contributed by atoms with Gasteiger partial charge in [-0.25, -0.2) is 4.98 Å². The molecular weight excluding hydrogens is 190 g/mol. The van der Waals surface area contributed by atoms with E-state index in [-0.39, 0.29) is 0 Å². The molecule has 0 fully saturated rings. The highest BCUT2D eigenvalue weighted by molar-refractivity contribution is 6.29. The number of hydrogen-bond acceptors (Lipinski definition) is 3. The lowest BCUT2D eigenvalue weighted by Gasteiger charge is -2.04. The van der Waals surface area contributed by atoms with Gasteiger partial charge in [-0.3, -0.25) is 4.79 Å². The van der Waals surface area contributed by atoms with E-state index in [1.165, 1.54) is 12.3 Å². The standard InChI is InChI=1S/C9H8ClNO2/c1-2-3-13-8-4-9(10)11-5-7(8)6-12/h2,4-6H,1,3H2. The number of carbonyl (C=O) groups is 1. The predicted octanol–water partition coefficient (Wildman–Crippen LogP) is 2.11. The van der Waals surface area contributed by atoms with Crippen molar-refractivity contribution in [1.29, 1.82) is 0 Å². The zero-order valence-corrected chi connectivity index (χ0v) is 7.62. The number of ether oxygens (including phenoxy) is 1. The van der Waals surface area contributed by atoms with Crippen LogP contribution in [-0.2, 0) is 0 Å². The Bertz CT molecular complexity index is 325. The number of aldehydes is 1. The first-order valence-corrected chi connectivity index (χ1v) is 4.00. The summed E-state index contributed by atoms with van der Waals surface area (Å²) < 4.78 is 5.18. The van der Waals surface area contributed by atoms with Gasteiger partial charge in [-0.15, -0.1) is 0 Å². The third-order valence-corrected chi connectivity index (χ3v) is 1.55. The Labute approximate surface area is 81.0 Å². The van der Waals surface area contributed by atoms with Crippen LogP contribution in [0.4, 0.5) is 0 Å². The minimum absolute atomic E-state index is 0.296. The van der Waals surface area contributed by atoms with E-state index in [4.69, 9.17) is 16.3 Å². The molecule has 0 bridgehead atoms. The molecule has 0 saturated carbocycles. The van der Waals surface area contributed by atoms with Crippen LogP contribution < -0.4 is 4.74 Å². The average Bonchev–Trinajstić information content (AvgIpc) is 2.15. The Morgan fingerprint density at radius 2 is 2.46 bits per heavy atom. The van der Waals surface area contributed by atoms with Crippen LogP contribution in [-0.4, -0.2) is 17.9 Å². The minimum Gasteiger partial charge on any atom is -0.489 e. The zero-order valence-electron chi connectivity index (χ0n) is 6.87. The molecule has 13 heavy (non-hydrogen) atoms. The molecule has 0 aliphatic rings. The summed E-state index contributed by atoms with van der Waals surface area (Å²) in [4.78, 5) is 14.3. The van der Waals surface area contributed by atoms with Gasteiger partial charge in [-0.1, -0.05) is 24.3 Å². The first-order valence-electron chi connectivity index (χ1n) is 3.62. The van der Waals surface area contributed by atoms with Gasteiger partial charge in [-0.2, -0.15) is 0 Å². The Morgan fingerprint density at radius 1 is 1.69 bits per heavy atom. The van der Waals surface area contributed by atoms with Crippen molar-refractivity contribution in [3.8, 4) is 5.75 Å². The Hall–Kier alpha value is -1.35. The second kappa shape index (κ2) is 4.62. The molecule has 0 spiro atoms. The smallest absolute Gasteiger partial charge is 0.155 e. The molecule has 0 N–H and O–H groups in total. The lowest BCUT2D eigenvalue weighted by Crippen LogP contribution is -1.97. The molecule has 0 amide bonds. The molecule has 68 valence electrons. The van der Waals surface area contributed by atoms with Crippen molar-refractivity contribution >= 4 is 17.9 Å². The lowest BCUT2D eigenvalue weighted by atomic mass is 10.3. The zero-order chi connectivity index (χ0) is 9.68. The molecule has 0 atom stereocenters. The Kier molecular flexibility index (Phi) is 3.46. The van der Waals surface area contributed by atoms with Crippen molar-refractivity contribution in [2.24, 2.45) is 0 Å². The predicted molar refractivity (Wildman–Crippen MR) is 50.3 cm³/mol. The van der Waals surface area contributed by atoms with Crippen molar-refractivity contribution in [1.82, 2.24) is 4.98 Å². The van der Waals surface area contributed by atoms with Crippen molar-refractivity contribution in [2.75, 3.05) is 6.61 Å². The first-order chi connectivity index (χ1) is 6.27. The summed E-state index contributed by atoms with van der Waals surface area (Å²) in [7, 11) is 0. The molecule has 3 nitrogen and oxygen atoms in total. The summed E-state index contributed by atoms with van der Waals surface area (Å²) in [6.07, 6.45) is 3.62. The maximum absolute atomic E-state index is 10.5. The van der Waals surface area contributed by atoms with Crippen molar-refractivity contribution < 1.29 is 9.53 Å². The van der Waals surface area contributed by atoms with Gasteiger partial charge in [0.15, 0.2) is 6.29 Å². The highest BCUT2D eigenvalue weighted by Gasteiger charge is 2.03. The second-order valence-corrected chi connectivity index (χ2v) is 2.65. The van der Waals surface area contributed by atoms with Gasteiger partial charge in [0.05, 0.1) is 5.56 Å². The SMILES string of the molecule is C=CCOc1cc(Cl)ncc1C=O. The molecule has 0 aliphatic carbocycles. The number of hydrogen-bond donors (Lipinski definition) is 0. The fourth-order valence-electron chi connectivity index (χ4n) is 0.786. The van der Waals surface area contributed by atoms with Crippen molar-refractivity contribution in [2.45, 2.75) is 0 Å². The normalized spacial score (nSPS) is 9.31. The van der Waals surface area contributed by atoms with Gasteiger partial charge in [0.1, 0.15) is 17.5 Å². The second-order valence-electron chi connectivity index (χ2n) is 2.26. The molecule has 0 radical (unpaired) electrons. The van der Waals surface area contributed by atoms with Crippen LogP contribution >= 0.6 is 11.6 Å². The van der Waals surface area contributed by atoms with E-state index in [2.05, 4.69) is 11.6 Å². The summed E-state index contributed by atoms with van der Waals surface area (Å²) in [6, 6.07) is 1.49. The van der Waals surface area contributed by atoms with Gasteiger partial charge in [0.25, 0.3) is 0 Å². The molecule has 0 aromatic carbocycles. The molecule has 0 saturated heterocycles. The van der Waals surface area contributed by atoms with Crippen LogP contribution in [0.25, 0.3) is 0 Å². The molecular formula is C9H8ClNO2. The van der Waals surface area contributed by atoms with E-state index in [1.54, 1.807) is 6.08 Å². The number of pyridine rings is 1. The van der Waals surface area contributed by atoms with Crippen molar-refractivity contribution in [3.05, 3.63) is 35.6 Å². The average molecular weight is 198 g/mol. The van der Waals surface area contributed by atoms with E-state index in [0.29, 0.717) is 29.4 Å². The third-order valence-electron chi connectivity index (χ3n) is 1.35. The molecule has 1 aromatic rings. The summed E-state index contributed by atoms with van der Waals surface area (Å²) in [5.74, 6) is 0.426. The van der Waals surface area contributed by atoms with Crippen LogP contribution in [0, 0.1) is 0 Å². The highest BCUT2D eigenvalue weighted by atomic mass is 35.5. The summed E-state index contributed by atoms with van der Waals surface area (Å²) in [6.45, 7) is 3.83. The van der Waals surface area contributed by atoms with E-state index in [0.717, 1.165) is 0 Å². The monoisotopic (exact) mass is 197 g/mol. The Balaban J connectivity index is 2.93. The minimum atomic E-state index is 0.296. The fourth-order valence-corrected chi connectivity index (χ4v) is 0.934. The van der Waals surface area contributed by atoms with E-state index < -0.39 is 0 Å². The van der Waals surface area contributed by atoms with Crippen LogP contribution in [0.1, 0.15) is 10.4 Å². The molecule has 1 heterocycles.